The van der Waals surface area contributed by atoms with Crippen molar-refractivity contribution < 1.29 is 5.11 Å². The first-order valence-electron chi connectivity index (χ1n) is 3.24. The van der Waals surface area contributed by atoms with Crippen LogP contribution >= 0.6 is 49.9 Å². The van der Waals surface area contributed by atoms with Crippen molar-refractivity contribution in [1.82, 2.24) is 0 Å². The molecule has 0 bridgehead atoms. The van der Waals surface area contributed by atoms with E-state index in [1.165, 1.54) is 0 Å². The third-order valence-corrected chi connectivity index (χ3v) is 4.82. The summed E-state index contributed by atoms with van der Waals surface area (Å²) in [6, 6.07) is 3.57. The molecule has 0 atom stereocenters. The van der Waals surface area contributed by atoms with Crippen LogP contribution in [0.5, 0.6) is 5.75 Å². The van der Waals surface area contributed by atoms with E-state index in [1.54, 1.807) is 17.4 Å². The molecule has 2 aromatic rings. The Labute approximate surface area is 95.7 Å². The molecule has 0 unspecified atom stereocenters. The molecular weight excluding hydrogens is 351 g/mol. The molecule has 1 aromatic carbocycles. The van der Waals surface area contributed by atoms with Crippen LogP contribution in [-0.4, -0.2) is 5.11 Å². The van der Waals surface area contributed by atoms with Gasteiger partial charge < -0.3 is 5.11 Å². The van der Waals surface area contributed by atoms with Crippen LogP contribution in [-0.2, 0) is 0 Å². The lowest BCUT2D eigenvalue weighted by Gasteiger charge is -1.97. The van der Waals surface area contributed by atoms with Crippen LogP contribution < -0.4 is 0 Å². The maximum absolute atomic E-state index is 9.55. The van der Waals surface area contributed by atoms with Crippen LogP contribution in [0.1, 0.15) is 0 Å². The first-order chi connectivity index (χ1) is 5.70. The van der Waals surface area contributed by atoms with Crippen LogP contribution in [0.15, 0.2) is 22.0 Å². The molecule has 0 radical (unpaired) electrons. The summed E-state index contributed by atoms with van der Waals surface area (Å²) >= 11 is 7.31. The first kappa shape index (κ1) is 8.77. The molecule has 0 saturated heterocycles. The average molecular weight is 355 g/mol. The monoisotopic (exact) mass is 354 g/mol. The highest BCUT2D eigenvalue weighted by molar-refractivity contribution is 14.1. The second-order valence-corrected chi connectivity index (χ2v) is 5.25. The zero-order valence-corrected chi connectivity index (χ0v) is 10.4. The van der Waals surface area contributed by atoms with Crippen molar-refractivity contribution >= 4 is 59.9 Å². The van der Waals surface area contributed by atoms with Crippen molar-refractivity contribution in [3.05, 3.63) is 25.6 Å². The number of phenols is 1. The third-order valence-electron chi connectivity index (χ3n) is 1.61. The van der Waals surface area contributed by atoms with Crippen LogP contribution in [0.4, 0.5) is 0 Å². The van der Waals surface area contributed by atoms with Gasteiger partial charge >= 0.3 is 0 Å². The van der Waals surface area contributed by atoms with E-state index in [4.69, 9.17) is 0 Å². The lowest BCUT2D eigenvalue weighted by molar-refractivity contribution is 0.481. The SMILES string of the molecule is Oc1ccc(Br)c2scc(I)c12. The molecule has 1 aromatic heterocycles. The lowest BCUT2D eigenvalue weighted by atomic mass is 10.2. The minimum atomic E-state index is 0.360. The number of thiophene rings is 1. The van der Waals surface area contributed by atoms with Gasteiger partial charge in [0.25, 0.3) is 0 Å². The molecule has 4 heteroatoms. The Balaban J connectivity index is 2.98. The lowest BCUT2D eigenvalue weighted by Crippen LogP contribution is -1.71. The minimum absolute atomic E-state index is 0.360. The number of hydrogen-bond donors (Lipinski definition) is 1. The van der Waals surface area contributed by atoms with E-state index in [2.05, 4.69) is 38.5 Å². The Kier molecular flexibility index (Phi) is 2.31. The van der Waals surface area contributed by atoms with Crippen LogP contribution in [0, 0.1) is 3.57 Å². The topological polar surface area (TPSA) is 20.2 Å². The van der Waals surface area contributed by atoms with E-state index in [0.717, 1.165) is 18.1 Å². The highest BCUT2D eigenvalue weighted by Crippen LogP contribution is 2.38. The van der Waals surface area contributed by atoms with Gasteiger partial charge in [-0.1, -0.05) is 0 Å². The first-order valence-corrected chi connectivity index (χ1v) is 5.99. The maximum Gasteiger partial charge on any atom is 0.125 e. The zero-order valence-electron chi connectivity index (χ0n) is 5.84. The Morgan fingerprint density at radius 1 is 1.42 bits per heavy atom. The number of hydrogen-bond acceptors (Lipinski definition) is 2. The largest absolute Gasteiger partial charge is 0.507 e. The molecule has 62 valence electrons. The van der Waals surface area contributed by atoms with Gasteiger partial charge in [-0.3, -0.25) is 0 Å². The summed E-state index contributed by atoms with van der Waals surface area (Å²) in [6.45, 7) is 0. The summed E-state index contributed by atoms with van der Waals surface area (Å²) in [6.07, 6.45) is 0. The quantitative estimate of drug-likeness (QED) is 0.709. The number of benzene rings is 1. The highest BCUT2D eigenvalue weighted by atomic mass is 127. The molecule has 0 amide bonds. The highest BCUT2D eigenvalue weighted by Gasteiger charge is 2.08. The number of rotatable bonds is 0. The summed E-state index contributed by atoms with van der Waals surface area (Å²) in [5.74, 6) is 0.360. The summed E-state index contributed by atoms with van der Waals surface area (Å²) in [7, 11) is 0. The smallest absolute Gasteiger partial charge is 0.125 e. The van der Waals surface area contributed by atoms with Gasteiger partial charge in [-0.2, -0.15) is 0 Å². The molecule has 1 N–H and O–H groups in total. The van der Waals surface area contributed by atoms with E-state index < -0.39 is 0 Å². The minimum Gasteiger partial charge on any atom is -0.507 e. The second kappa shape index (κ2) is 3.16. The molecule has 1 heterocycles. The molecule has 0 aliphatic heterocycles. The molecular formula is C8H4BrIOS. The van der Waals surface area contributed by atoms with Gasteiger partial charge in [0.1, 0.15) is 5.75 Å². The van der Waals surface area contributed by atoms with Crippen molar-refractivity contribution in [2.24, 2.45) is 0 Å². The number of halogens is 2. The van der Waals surface area contributed by atoms with Crippen molar-refractivity contribution in [1.29, 1.82) is 0 Å². The summed E-state index contributed by atoms with van der Waals surface area (Å²) < 4.78 is 3.26. The van der Waals surface area contributed by atoms with Gasteiger partial charge in [-0.15, -0.1) is 11.3 Å². The van der Waals surface area contributed by atoms with Gasteiger partial charge in [0.2, 0.25) is 0 Å². The van der Waals surface area contributed by atoms with Gasteiger partial charge in [0.05, 0.1) is 4.70 Å². The van der Waals surface area contributed by atoms with E-state index in [-0.39, 0.29) is 0 Å². The Hall–Kier alpha value is 0.190. The molecule has 0 aliphatic carbocycles. The number of fused-ring (bicyclic) bond motifs is 1. The fraction of sp³-hybridized carbons (Fsp3) is 0. The van der Waals surface area contributed by atoms with E-state index in [0.29, 0.717) is 5.75 Å². The van der Waals surface area contributed by atoms with Crippen LogP contribution in [0.25, 0.3) is 10.1 Å². The molecule has 12 heavy (non-hydrogen) atoms. The summed E-state index contributed by atoms with van der Waals surface area (Å²) in [5, 5.41) is 12.5. The average Bonchev–Trinajstić information content (AvgIpc) is 2.42. The standard InChI is InChI=1S/C8H4BrIOS/c9-4-1-2-6(11)7-5(10)3-12-8(4)7/h1-3,11H. The summed E-state index contributed by atoms with van der Waals surface area (Å²) in [4.78, 5) is 0. The van der Waals surface area contributed by atoms with Crippen molar-refractivity contribution in [3.63, 3.8) is 0 Å². The predicted octanol–water partition coefficient (Wildman–Crippen LogP) is 3.97. The van der Waals surface area contributed by atoms with Crippen molar-refractivity contribution in [2.45, 2.75) is 0 Å². The van der Waals surface area contributed by atoms with Crippen molar-refractivity contribution in [2.75, 3.05) is 0 Å². The van der Waals surface area contributed by atoms with Gasteiger partial charge in [0, 0.05) is 18.8 Å². The maximum atomic E-state index is 9.55. The van der Waals surface area contributed by atoms with Crippen LogP contribution in [0.2, 0.25) is 0 Å². The molecule has 0 fully saturated rings. The predicted molar refractivity (Wildman–Crippen MR) is 63.9 cm³/mol. The zero-order chi connectivity index (χ0) is 8.72. The Morgan fingerprint density at radius 3 is 2.83 bits per heavy atom. The van der Waals surface area contributed by atoms with Gasteiger partial charge in [0.15, 0.2) is 0 Å². The number of aromatic hydroxyl groups is 1. The molecule has 1 nitrogen and oxygen atoms in total. The van der Waals surface area contributed by atoms with E-state index in [1.807, 2.05) is 11.4 Å². The molecule has 2 rings (SSSR count). The molecule has 0 saturated carbocycles. The Bertz CT molecular complexity index is 438. The molecule has 0 spiro atoms. The fourth-order valence-corrected chi connectivity index (χ4v) is 3.64. The van der Waals surface area contributed by atoms with Crippen molar-refractivity contribution in [3.8, 4) is 5.75 Å². The normalized spacial score (nSPS) is 10.8. The third kappa shape index (κ3) is 1.25. The van der Waals surface area contributed by atoms with Gasteiger partial charge in [-0.25, -0.2) is 0 Å². The van der Waals surface area contributed by atoms with Crippen LogP contribution in [0.3, 0.4) is 0 Å². The van der Waals surface area contributed by atoms with E-state index in [9.17, 15) is 5.11 Å². The Morgan fingerprint density at radius 2 is 2.17 bits per heavy atom. The second-order valence-electron chi connectivity index (χ2n) is 2.35. The summed E-state index contributed by atoms with van der Waals surface area (Å²) in [5.41, 5.74) is 0. The fourth-order valence-electron chi connectivity index (χ4n) is 1.06. The number of phenolic OH excluding ortho intramolecular Hbond substituents is 1. The van der Waals surface area contributed by atoms with E-state index >= 15 is 0 Å². The molecule has 0 aliphatic rings. The van der Waals surface area contributed by atoms with Gasteiger partial charge in [-0.05, 0) is 50.7 Å².